The number of halogens is 2. The van der Waals surface area contributed by atoms with E-state index in [1.54, 1.807) is 0 Å². The summed E-state index contributed by atoms with van der Waals surface area (Å²) in [6.45, 7) is 4.98. The standard InChI is InChI=1S/C17H16ClIO2/c1-17(2)9-21-15-6-4-10(7-12(15)17)16(20)11-3-5-14(19)13(18)8-11/h3-8,16,20H,9H2,1-2H3. The molecule has 0 saturated heterocycles. The van der Waals surface area contributed by atoms with Crippen LogP contribution in [0.1, 0.15) is 36.6 Å². The Bertz CT molecular complexity index is 697. The molecule has 0 aromatic heterocycles. The van der Waals surface area contributed by atoms with Crippen LogP contribution >= 0.6 is 34.2 Å². The van der Waals surface area contributed by atoms with Crippen molar-refractivity contribution in [1.29, 1.82) is 0 Å². The highest BCUT2D eigenvalue weighted by atomic mass is 127. The summed E-state index contributed by atoms with van der Waals surface area (Å²) in [6.07, 6.45) is -0.679. The van der Waals surface area contributed by atoms with Gasteiger partial charge in [0.2, 0.25) is 0 Å². The molecule has 0 aliphatic carbocycles. The summed E-state index contributed by atoms with van der Waals surface area (Å²) in [6, 6.07) is 11.5. The SMILES string of the molecule is CC1(C)COc2ccc(C(O)c3ccc(I)c(Cl)c3)cc21. The molecule has 0 radical (unpaired) electrons. The first-order chi connectivity index (χ1) is 9.88. The molecule has 1 heterocycles. The Morgan fingerprint density at radius 2 is 1.86 bits per heavy atom. The van der Waals surface area contributed by atoms with Crippen LogP contribution in [0.15, 0.2) is 36.4 Å². The van der Waals surface area contributed by atoms with Gasteiger partial charge in [-0.25, -0.2) is 0 Å². The number of ether oxygens (including phenoxy) is 1. The largest absolute Gasteiger partial charge is 0.492 e. The monoisotopic (exact) mass is 414 g/mol. The molecular formula is C17H16ClIO2. The van der Waals surface area contributed by atoms with E-state index >= 15 is 0 Å². The maximum atomic E-state index is 10.6. The van der Waals surface area contributed by atoms with Crippen LogP contribution in [0.3, 0.4) is 0 Å². The molecule has 1 atom stereocenters. The van der Waals surface area contributed by atoms with Crippen molar-refractivity contribution in [2.45, 2.75) is 25.4 Å². The Morgan fingerprint density at radius 3 is 2.57 bits per heavy atom. The summed E-state index contributed by atoms with van der Waals surface area (Å²) in [4.78, 5) is 0. The molecule has 0 spiro atoms. The van der Waals surface area contributed by atoms with Crippen LogP contribution in [0.5, 0.6) is 5.75 Å². The highest BCUT2D eigenvalue weighted by Gasteiger charge is 2.32. The zero-order valence-corrected chi connectivity index (χ0v) is 14.8. The van der Waals surface area contributed by atoms with Gasteiger partial charge in [-0.1, -0.05) is 37.6 Å². The van der Waals surface area contributed by atoms with Crippen molar-refractivity contribution in [3.63, 3.8) is 0 Å². The molecule has 1 N–H and O–H groups in total. The minimum Gasteiger partial charge on any atom is -0.492 e. The lowest BCUT2D eigenvalue weighted by Gasteiger charge is -2.18. The first-order valence-electron chi connectivity index (χ1n) is 6.79. The average molecular weight is 415 g/mol. The van der Waals surface area contributed by atoms with E-state index in [0.717, 1.165) is 26.0 Å². The minimum absolute atomic E-state index is 0.0191. The van der Waals surface area contributed by atoms with Crippen LogP contribution in [0.25, 0.3) is 0 Å². The Kier molecular flexibility index (Phi) is 3.93. The predicted molar refractivity (Wildman–Crippen MR) is 93.2 cm³/mol. The molecule has 21 heavy (non-hydrogen) atoms. The molecular weight excluding hydrogens is 399 g/mol. The van der Waals surface area contributed by atoms with Crippen LogP contribution in [-0.2, 0) is 5.41 Å². The first-order valence-corrected chi connectivity index (χ1v) is 8.24. The van der Waals surface area contributed by atoms with E-state index in [-0.39, 0.29) is 5.41 Å². The quantitative estimate of drug-likeness (QED) is 0.722. The Hall–Kier alpha value is -0.780. The average Bonchev–Trinajstić information content (AvgIpc) is 2.76. The Balaban J connectivity index is 1.99. The van der Waals surface area contributed by atoms with Gasteiger partial charge in [0.25, 0.3) is 0 Å². The predicted octanol–water partition coefficient (Wildman–Crippen LogP) is 4.70. The number of hydrogen-bond donors (Lipinski definition) is 1. The summed E-state index contributed by atoms with van der Waals surface area (Å²) >= 11 is 8.32. The molecule has 1 aliphatic heterocycles. The third-order valence-corrected chi connectivity index (χ3v) is 5.47. The summed E-state index contributed by atoms with van der Waals surface area (Å²) in [5.74, 6) is 0.914. The van der Waals surface area contributed by atoms with Crippen molar-refractivity contribution in [2.24, 2.45) is 0 Å². The van der Waals surface area contributed by atoms with Crippen LogP contribution in [0.2, 0.25) is 5.02 Å². The molecule has 0 saturated carbocycles. The fraction of sp³-hybridized carbons (Fsp3) is 0.294. The zero-order chi connectivity index (χ0) is 15.2. The van der Waals surface area contributed by atoms with Gasteiger partial charge < -0.3 is 9.84 Å². The van der Waals surface area contributed by atoms with Gasteiger partial charge in [-0.3, -0.25) is 0 Å². The highest BCUT2D eigenvalue weighted by molar-refractivity contribution is 14.1. The van der Waals surface area contributed by atoms with Gasteiger partial charge in [0.15, 0.2) is 0 Å². The molecule has 2 aromatic carbocycles. The molecule has 0 fully saturated rings. The maximum absolute atomic E-state index is 10.6. The van der Waals surface area contributed by atoms with Gasteiger partial charge >= 0.3 is 0 Å². The fourth-order valence-electron chi connectivity index (χ4n) is 2.58. The molecule has 4 heteroatoms. The number of fused-ring (bicyclic) bond motifs is 1. The molecule has 1 unspecified atom stereocenters. The Morgan fingerprint density at radius 1 is 1.19 bits per heavy atom. The second-order valence-corrected chi connectivity index (χ2v) is 7.57. The lowest BCUT2D eigenvalue weighted by Crippen LogP contribution is -2.18. The van der Waals surface area contributed by atoms with Gasteiger partial charge in [-0.05, 0) is 58.0 Å². The summed E-state index contributed by atoms with van der Waals surface area (Å²) in [5, 5.41) is 11.3. The number of aliphatic hydroxyl groups excluding tert-OH is 1. The van der Waals surface area contributed by atoms with Crippen molar-refractivity contribution >= 4 is 34.2 Å². The number of hydrogen-bond acceptors (Lipinski definition) is 2. The van der Waals surface area contributed by atoms with E-state index in [4.69, 9.17) is 16.3 Å². The second-order valence-electron chi connectivity index (χ2n) is 6.00. The molecule has 0 amide bonds. The molecule has 1 aliphatic rings. The van der Waals surface area contributed by atoms with Crippen LogP contribution in [0.4, 0.5) is 0 Å². The fourth-order valence-corrected chi connectivity index (χ4v) is 3.11. The summed E-state index contributed by atoms with van der Waals surface area (Å²) in [5.41, 5.74) is 2.80. The smallest absolute Gasteiger partial charge is 0.123 e. The highest BCUT2D eigenvalue weighted by Crippen LogP contribution is 2.40. The lowest BCUT2D eigenvalue weighted by molar-refractivity contribution is 0.220. The van der Waals surface area contributed by atoms with Gasteiger partial charge in [0.05, 0.1) is 11.6 Å². The Labute approximate surface area is 143 Å². The van der Waals surface area contributed by atoms with Crippen LogP contribution in [-0.4, -0.2) is 11.7 Å². The van der Waals surface area contributed by atoms with E-state index in [2.05, 4.69) is 36.4 Å². The van der Waals surface area contributed by atoms with Gasteiger partial charge in [-0.15, -0.1) is 0 Å². The molecule has 0 bridgehead atoms. The third-order valence-electron chi connectivity index (χ3n) is 3.90. The molecule has 110 valence electrons. The zero-order valence-electron chi connectivity index (χ0n) is 11.9. The molecule has 3 rings (SSSR count). The van der Waals surface area contributed by atoms with Gasteiger partial charge in [0, 0.05) is 14.5 Å². The van der Waals surface area contributed by atoms with Crippen molar-refractivity contribution in [1.82, 2.24) is 0 Å². The van der Waals surface area contributed by atoms with Crippen molar-refractivity contribution < 1.29 is 9.84 Å². The normalized spacial score (nSPS) is 17.2. The van der Waals surface area contributed by atoms with Gasteiger partial charge in [-0.2, -0.15) is 0 Å². The van der Waals surface area contributed by atoms with E-state index in [9.17, 15) is 5.11 Å². The van der Waals surface area contributed by atoms with Crippen molar-refractivity contribution in [2.75, 3.05) is 6.61 Å². The van der Waals surface area contributed by atoms with E-state index in [0.29, 0.717) is 11.6 Å². The van der Waals surface area contributed by atoms with E-state index in [1.165, 1.54) is 0 Å². The van der Waals surface area contributed by atoms with Crippen molar-refractivity contribution in [3.05, 3.63) is 61.7 Å². The third kappa shape index (κ3) is 2.79. The van der Waals surface area contributed by atoms with Crippen molar-refractivity contribution in [3.8, 4) is 5.75 Å². The van der Waals surface area contributed by atoms with Gasteiger partial charge in [0.1, 0.15) is 11.9 Å². The van der Waals surface area contributed by atoms with E-state index in [1.807, 2.05) is 36.4 Å². The van der Waals surface area contributed by atoms with Crippen LogP contribution < -0.4 is 4.74 Å². The molecule has 2 nitrogen and oxygen atoms in total. The lowest BCUT2D eigenvalue weighted by atomic mass is 9.85. The second kappa shape index (κ2) is 5.45. The van der Waals surface area contributed by atoms with Crippen LogP contribution in [0, 0.1) is 3.57 Å². The number of aliphatic hydroxyl groups is 1. The number of rotatable bonds is 2. The summed E-state index contributed by atoms with van der Waals surface area (Å²) < 4.78 is 6.67. The number of benzene rings is 2. The van der Waals surface area contributed by atoms with E-state index < -0.39 is 6.10 Å². The topological polar surface area (TPSA) is 29.5 Å². The summed E-state index contributed by atoms with van der Waals surface area (Å²) in [7, 11) is 0. The first kappa shape index (κ1) is 15.1. The minimum atomic E-state index is -0.679. The maximum Gasteiger partial charge on any atom is 0.123 e. The molecule has 2 aromatic rings.